The second kappa shape index (κ2) is 5.62. The lowest BCUT2D eigenvalue weighted by atomic mass is 10.2. The van der Waals surface area contributed by atoms with Gasteiger partial charge in [-0.25, -0.2) is 8.42 Å². The number of anilines is 2. The summed E-state index contributed by atoms with van der Waals surface area (Å²) in [4.78, 5) is 10.0. The molecule has 10 heteroatoms. The van der Waals surface area contributed by atoms with Crippen LogP contribution in [0.25, 0.3) is 0 Å². The van der Waals surface area contributed by atoms with Gasteiger partial charge in [-0.1, -0.05) is 23.5 Å². The van der Waals surface area contributed by atoms with E-state index < -0.39 is 20.6 Å². The molecule has 0 radical (unpaired) electrons. The quantitative estimate of drug-likeness (QED) is 0.613. The molecule has 0 atom stereocenters. The largest absolute Gasteiger partial charge is 0.385 e. The predicted octanol–water partition coefficient (Wildman–Crippen LogP) is 3.11. The molecule has 0 saturated carbocycles. The van der Waals surface area contributed by atoms with Crippen LogP contribution in [0.3, 0.4) is 0 Å². The third kappa shape index (κ3) is 3.17. The molecular weight excluding hydrogens is 382 g/mol. The summed E-state index contributed by atoms with van der Waals surface area (Å²) < 4.78 is 27.3. The first-order valence-electron chi connectivity index (χ1n) is 5.54. The summed E-state index contributed by atoms with van der Waals surface area (Å²) in [5.74, 6) is 0. The highest BCUT2D eigenvalue weighted by molar-refractivity contribution is 9.10. The van der Waals surface area contributed by atoms with Gasteiger partial charge in [-0.05, 0) is 34.5 Å². The number of nitrogens with zero attached hydrogens (tertiary/aromatic N) is 1. The number of hydrogen-bond acceptors (Lipinski definition) is 6. The Morgan fingerprint density at radius 2 is 2.10 bits per heavy atom. The molecule has 1 aromatic heterocycles. The molecule has 0 fully saturated rings. The topological polar surface area (TPSA) is 115 Å². The van der Waals surface area contributed by atoms with Gasteiger partial charge in [0.05, 0.1) is 10.6 Å². The number of benzene rings is 1. The number of nitrogens with two attached hydrogens (primary N) is 1. The fraction of sp³-hybridized carbons (Fsp3) is 0.0909. The summed E-state index contributed by atoms with van der Waals surface area (Å²) in [5, 5.41) is 10.6. The van der Waals surface area contributed by atoms with Gasteiger partial charge in [-0.15, -0.1) is 0 Å². The first-order chi connectivity index (χ1) is 9.72. The minimum absolute atomic E-state index is 0.149. The van der Waals surface area contributed by atoms with Crippen molar-refractivity contribution in [3.8, 4) is 0 Å². The molecule has 2 aromatic rings. The van der Waals surface area contributed by atoms with Crippen LogP contribution in [0, 0.1) is 17.0 Å². The summed E-state index contributed by atoms with van der Waals surface area (Å²) in [6, 6.07) is 6.05. The van der Waals surface area contributed by atoms with Gasteiger partial charge >= 0.3 is 5.69 Å². The van der Waals surface area contributed by atoms with Gasteiger partial charge in [0.15, 0.2) is 5.00 Å². The van der Waals surface area contributed by atoms with E-state index in [9.17, 15) is 18.5 Å². The molecular formula is C11H10BrN3O4S2. The van der Waals surface area contributed by atoms with E-state index in [-0.39, 0.29) is 9.21 Å². The Morgan fingerprint density at radius 1 is 1.43 bits per heavy atom. The summed E-state index contributed by atoms with van der Waals surface area (Å²) >= 11 is 3.94. The van der Waals surface area contributed by atoms with Gasteiger partial charge in [-0.3, -0.25) is 14.8 Å². The maximum atomic E-state index is 12.3. The van der Waals surface area contributed by atoms with E-state index in [0.717, 1.165) is 11.6 Å². The Kier molecular flexibility index (Phi) is 4.21. The fourth-order valence-corrected chi connectivity index (χ4v) is 4.35. The summed E-state index contributed by atoms with van der Waals surface area (Å²) in [6.45, 7) is 1.82. The minimum Gasteiger partial charge on any atom is -0.385 e. The van der Waals surface area contributed by atoms with Crippen LogP contribution in [0.15, 0.2) is 32.9 Å². The first kappa shape index (κ1) is 15.7. The van der Waals surface area contributed by atoms with Crippen molar-refractivity contribution in [2.45, 2.75) is 11.1 Å². The molecule has 7 nitrogen and oxygen atoms in total. The molecule has 0 aliphatic rings. The van der Waals surface area contributed by atoms with Crippen molar-refractivity contribution >= 4 is 53.7 Å². The average Bonchev–Trinajstić information content (AvgIpc) is 2.78. The summed E-state index contributed by atoms with van der Waals surface area (Å²) in [5.41, 5.74) is 6.25. The van der Waals surface area contributed by atoms with Crippen LogP contribution in [-0.4, -0.2) is 13.3 Å². The summed E-state index contributed by atoms with van der Waals surface area (Å²) in [7, 11) is -3.93. The van der Waals surface area contributed by atoms with E-state index in [1.54, 1.807) is 12.1 Å². The number of nitrogens with one attached hydrogen (secondary N) is 1. The molecule has 1 aromatic carbocycles. The Hall–Kier alpha value is -1.65. The smallest absolute Gasteiger partial charge is 0.304 e. The molecule has 112 valence electrons. The van der Waals surface area contributed by atoms with E-state index in [4.69, 9.17) is 5.73 Å². The second-order valence-corrected chi connectivity index (χ2v) is 7.90. The Morgan fingerprint density at radius 3 is 2.67 bits per heavy atom. The van der Waals surface area contributed by atoms with E-state index in [1.165, 1.54) is 0 Å². The van der Waals surface area contributed by atoms with Gasteiger partial charge in [-0.2, -0.15) is 0 Å². The third-order valence-electron chi connectivity index (χ3n) is 2.62. The number of thiophene rings is 1. The van der Waals surface area contributed by atoms with Crippen LogP contribution >= 0.6 is 27.3 Å². The molecule has 2 rings (SSSR count). The van der Waals surface area contributed by atoms with Crippen LogP contribution in [0.4, 0.5) is 16.4 Å². The lowest BCUT2D eigenvalue weighted by Gasteiger charge is -2.09. The molecule has 0 saturated heterocycles. The van der Waals surface area contributed by atoms with Gasteiger partial charge in [0.1, 0.15) is 4.21 Å². The predicted molar refractivity (Wildman–Crippen MR) is 85.1 cm³/mol. The fourth-order valence-electron chi connectivity index (χ4n) is 1.57. The molecule has 0 aliphatic heterocycles. The number of nitro groups is 1. The highest BCUT2D eigenvalue weighted by Crippen LogP contribution is 2.36. The number of nitrogen functional groups attached to an aromatic ring is 1. The van der Waals surface area contributed by atoms with Crippen LogP contribution in [0.5, 0.6) is 0 Å². The standard InChI is InChI=1S/C11H10BrN3O4S2/c1-6-3-2-4-7(10(6)12)14-21(18,19)9-5-8(15(16)17)11(13)20-9/h2-5,14H,13H2,1H3. The molecule has 0 amide bonds. The first-order valence-corrected chi connectivity index (χ1v) is 8.63. The van der Waals surface area contributed by atoms with Crippen molar-refractivity contribution in [3.05, 3.63) is 44.4 Å². The SMILES string of the molecule is Cc1cccc(NS(=O)(=O)c2cc([N+](=O)[O-])c(N)s2)c1Br. The third-order valence-corrected chi connectivity index (χ3v) is 6.46. The zero-order valence-corrected chi connectivity index (χ0v) is 13.9. The van der Waals surface area contributed by atoms with Crippen LogP contribution in [0.1, 0.15) is 5.56 Å². The van der Waals surface area contributed by atoms with Crippen LogP contribution in [-0.2, 0) is 10.0 Å². The Labute approximate surface area is 133 Å². The zero-order chi connectivity index (χ0) is 15.8. The van der Waals surface area contributed by atoms with Crippen molar-refractivity contribution in [3.63, 3.8) is 0 Å². The van der Waals surface area contributed by atoms with Crippen molar-refractivity contribution < 1.29 is 13.3 Å². The Bertz CT molecular complexity index is 817. The lowest BCUT2D eigenvalue weighted by molar-refractivity contribution is -0.383. The van der Waals surface area contributed by atoms with E-state index in [0.29, 0.717) is 21.5 Å². The van der Waals surface area contributed by atoms with E-state index in [2.05, 4.69) is 20.7 Å². The van der Waals surface area contributed by atoms with Gasteiger partial charge in [0.25, 0.3) is 10.0 Å². The van der Waals surface area contributed by atoms with Crippen molar-refractivity contribution in [1.82, 2.24) is 0 Å². The number of hydrogen-bond donors (Lipinski definition) is 2. The molecule has 0 spiro atoms. The normalized spacial score (nSPS) is 11.3. The van der Waals surface area contributed by atoms with Crippen molar-refractivity contribution in [1.29, 1.82) is 0 Å². The van der Waals surface area contributed by atoms with Gasteiger partial charge in [0, 0.05) is 10.5 Å². The minimum atomic E-state index is -3.93. The molecule has 3 N–H and O–H groups in total. The highest BCUT2D eigenvalue weighted by atomic mass is 79.9. The van der Waals surface area contributed by atoms with Crippen LogP contribution in [0.2, 0.25) is 0 Å². The number of rotatable bonds is 4. The average molecular weight is 392 g/mol. The van der Waals surface area contributed by atoms with E-state index in [1.807, 2.05) is 13.0 Å². The Balaban J connectivity index is 2.41. The molecule has 0 bridgehead atoms. The number of aryl methyl sites for hydroxylation is 1. The maximum absolute atomic E-state index is 12.3. The maximum Gasteiger partial charge on any atom is 0.304 e. The monoisotopic (exact) mass is 391 g/mol. The molecule has 21 heavy (non-hydrogen) atoms. The van der Waals surface area contributed by atoms with Crippen molar-refractivity contribution in [2.24, 2.45) is 0 Å². The van der Waals surface area contributed by atoms with Crippen molar-refractivity contribution in [2.75, 3.05) is 10.5 Å². The molecule has 0 unspecified atom stereocenters. The second-order valence-electron chi connectivity index (χ2n) is 4.11. The summed E-state index contributed by atoms with van der Waals surface area (Å²) in [6.07, 6.45) is 0. The van der Waals surface area contributed by atoms with Gasteiger partial charge < -0.3 is 5.73 Å². The van der Waals surface area contributed by atoms with Gasteiger partial charge in [0.2, 0.25) is 0 Å². The number of halogens is 1. The lowest BCUT2D eigenvalue weighted by Crippen LogP contribution is -2.12. The molecule has 0 aliphatic carbocycles. The van der Waals surface area contributed by atoms with Crippen LogP contribution < -0.4 is 10.5 Å². The highest BCUT2D eigenvalue weighted by Gasteiger charge is 2.25. The zero-order valence-electron chi connectivity index (χ0n) is 10.7. The van der Waals surface area contributed by atoms with E-state index >= 15 is 0 Å². The number of sulfonamides is 1. The molecule has 1 heterocycles.